The maximum absolute atomic E-state index is 12.7. The molecule has 0 radical (unpaired) electrons. The SMILES string of the molecule is CN(C(=O)CC1CCOC1)C(C)(C)C(=O)Nc1cc(C(C)(C)CO)no1. The van der Waals surface area contributed by atoms with Crippen molar-refractivity contribution in [2.45, 2.75) is 51.5 Å². The minimum absolute atomic E-state index is 0.0967. The van der Waals surface area contributed by atoms with E-state index in [9.17, 15) is 14.7 Å². The van der Waals surface area contributed by atoms with Crippen LogP contribution in [0, 0.1) is 5.92 Å². The normalized spacial score (nSPS) is 18.0. The smallest absolute Gasteiger partial charge is 0.252 e. The number of rotatable bonds is 7. The van der Waals surface area contributed by atoms with Crippen LogP contribution in [0.5, 0.6) is 0 Å². The number of ether oxygens (including phenoxy) is 1. The summed E-state index contributed by atoms with van der Waals surface area (Å²) < 4.78 is 10.5. The zero-order valence-electron chi connectivity index (χ0n) is 16.2. The van der Waals surface area contributed by atoms with Gasteiger partial charge < -0.3 is 19.3 Å². The topological polar surface area (TPSA) is 105 Å². The molecule has 1 fully saturated rings. The first-order valence-corrected chi connectivity index (χ1v) is 8.82. The molecule has 8 heteroatoms. The van der Waals surface area contributed by atoms with Gasteiger partial charge in [-0.15, -0.1) is 0 Å². The Morgan fingerprint density at radius 3 is 2.65 bits per heavy atom. The highest BCUT2D eigenvalue weighted by atomic mass is 16.5. The fraction of sp³-hybridized carbons (Fsp3) is 0.722. The number of carbonyl (C=O) groups excluding carboxylic acids is 2. The van der Waals surface area contributed by atoms with Gasteiger partial charge in [-0.05, 0) is 26.2 Å². The molecule has 1 aliphatic heterocycles. The van der Waals surface area contributed by atoms with Gasteiger partial charge in [-0.1, -0.05) is 19.0 Å². The van der Waals surface area contributed by atoms with E-state index in [2.05, 4.69) is 10.5 Å². The predicted octanol–water partition coefficient (Wildman–Crippen LogP) is 1.55. The first kappa shape index (κ1) is 20.4. The average molecular weight is 367 g/mol. The predicted molar refractivity (Wildman–Crippen MR) is 95.6 cm³/mol. The Morgan fingerprint density at radius 1 is 1.38 bits per heavy atom. The lowest BCUT2D eigenvalue weighted by atomic mass is 9.91. The second-order valence-corrected chi connectivity index (χ2v) is 8.02. The van der Waals surface area contributed by atoms with E-state index in [1.54, 1.807) is 27.0 Å². The van der Waals surface area contributed by atoms with Gasteiger partial charge in [-0.3, -0.25) is 14.9 Å². The maximum Gasteiger partial charge on any atom is 0.252 e. The molecule has 0 aliphatic carbocycles. The Balaban J connectivity index is 2.01. The number of hydrogen-bond acceptors (Lipinski definition) is 6. The van der Waals surface area contributed by atoms with Crippen molar-refractivity contribution in [3.63, 3.8) is 0 Å². The summed E-state index contributed by atoms with van der Waals surface area (Å²) in [6, 6.07) is 1.59. The molecule has 1 aromatic heterocycles. The molecule has 146 valence electrons. The number of carbonyl (C=O) groups is 2. The van der Waals surface area contributed by atoms with Crippen LogP contribution >= 0.6 is 0 Å². The number of amides is 2. The third kappa shape index (κ3) is 4.42. The molecule has 2 heterocycles. The van der Waals surface area contributed by atoms with Gasteiger partial charge in [-0.25, -0.2) is 0 Å². The van der Waals surface area contributed by atoms with E-state index in [0.29, 0.717) is 25.3 Å². The van der Waals surface area contributed by atoms with Crippen molar-refractivity contribution >= 4 is 17.7 Å². The Labute approximate surface area is 153 Å². The minimum Gasteiger partial charge on any atom is -0.395 e. The highest BCUT2D eigenvalue weighted by Gasteiger charge is 2.37. The standard InChI is InChI=1S/C18H29N3O5/c1-17(2,11-22)13-9-14(26-20-13)19-16(24)18(3,4)21(5)15(23)8-12-6-7-25-10-12/h9,12,22H,6-8,10-11H2,1-5H3,(H,19,24). The summed E-state index contributed by atoms with van der Waals surface area (Å²) in [5.74, 6) is -0.0770. The molecule has 1 aromatic rings. The Kier molecular flexibility index (Phi) is 6.08. The average Bonchev–Trinajstić information content (AvgIpc) is 3.26. The van der Waals surface area contributed by atoms with Gasteiger partial charge in [0.2, 0.25) is 11.8 Å². The minimum atomic E-state index is -1.06. The number of likely N-dealkylation sites (N-methyl/N-ethyl adjacent to an activating group) is 1. The van der Waals surface area contributed by atoms with Crippen LogP contribution in [-0.4, -0.2) is 59.4 Å². The second kappa shape index (κ2) is 7.75. The summed E-state index contributed by atoms with van der Waals surface area (Å²) in [6.45, 7) is 8.18. The van der Waals surface area contributed by atoms with Gasteiger partial charge in [0.15, 0.2) is 0 Å². The molecule has 1 aliphatic rings. The summed E-state index contributed by atoms with van der Waals surface area (Å²) in [5, 5.41) is 16.0. The lowest BCUT2D eigenvalue weighted by molar-refractivity contribution is -0.142. The number of aliphatic hydroxyl groups excluding tert-OH is 1. The monoisotopic (exact) mass is 367 g/mol. The first-order chi connectivity index (χ1) is 12.1. The molecule has 1 atom stereocenters. The van der Waals surface area contributed by atoms with Crippen molar-refractivity contribution in [3.8, 4) is 0 Å². The largest absolute Gasteiger partial charge is 0.395 e. The first-order valence-electron chi connectivity index (χ1n) is 8.82. The molecule has 8 nitrogen and oxygen atoms in total. The molecular weight excluding hydrogens is 338 g/mol. The van der Waals surface area contributed by atoms with Gasteiger partial charge in [0.25, 0.3) is 5.91 Å². The third-order valence-electron chi connectivity index (χ3n) is 5.09. The van der Waals surface area contributed by atoms with E-state index < -0.39 is 11.0 Å². The van der Waals surface area contributed by atoms with Crippen LogP contribution < -0.4 is 5.32 Å². The molecule has 0 bridgehead atoms. The summed E-state index contributed by atoms with van der Waals surface area (Å²) in [5.41, 5.74) is -1.09. The van der Waals surface area contributed by atoms with Crippen LogP contribution in [0.4, 0.5) is 5.88 Å². The van der Waals surface area contributed by atoms with E-state index in [4.69, 9.17) is 9.26 Å². The van der Waals surface area contributed by atoms with Crippen LogP contribution in [0.3, 0.4) is 0 Å². The maximum atomic E-state index is 12.7. The number of nitrogens with one attached hydrogen (secondary N) is 1. The highest BCUT2D eigenvalue weighted by molar-refractivity contribution is 5.99. The molecule has 0 spiro atoms. The van der Waals surface area contributed by atoms with Crippen molar-refractivity contribution in [2.24, 2.45) is 5.92 Å². The van der Waals surface area contributed by atoms with Crippen molar-refractivity contribution < 1.29 is 24.0 Å². The zero-order valence-corrected chi connectivity index (χ0v) is 16.2. The van der Waals surface area contributed by atoms with E-state index >= 15 is 0 Å². The van der Waals surface area contributed by atoms with Gasteiger partial charge in [0.1, 0.15) is 5.54 Å². The number of aliphatic hydroxyl groups is 1. The van der Waals surface area contributed by atoms with E-state index in [-0.39, 0.29) is 30.2 Å². The van der Waals surface area contributed by atoms with E-state index in [0.717, 1.165) is 6.42 Å². The molecule has 26 heavy (non-hydrogen) atoms. The molecule has 2 amide bonds. The van der Waals surface area contributed by atoms with Crippen molar-refractivity contribution in [1.82, 2.24) is 10.1 Å². The van der Waals surface area contributed by atoms with Crippen molar-refractivity contribution in [1.29, 1.82) is 0 Å². The fourth-order valence-corrected chi connectivity index (χ4v) is 2.59. The quantitative estimate of drug-likeness (QED) is 0.757. The molecule has 2 rings (SSSR count). The summed E-state index contributed by atoms with van der Waals surface area (Å²) in [4.78, 5) is 26.6. The molecule has 0 aromatic carbocycles. The van der Waals surface area contributed by atoms with Gasteiger partial charge in [0, 0.05) is 38.2 Å². The molecule has 1 unspecified atom stereocenters. The summed E-state index contributed by atoms with van der Waals surface area (Å²) in [7, 11) is 1.62. The van der Waals surface area contributed by atoms with E-state index in [1.807, 2.05) is 13.8 Å². The second-order valence-electron chi connectivity index (χ2n) is 8.02. The summed E-state index contributed by atoms with van der Waals surface area (Å²) >= 11 is 0. The van der Waals surface area contributed by atoms with Gasteiger partial charge in [0.05, 0.1) is 12.3 Å². The van der Waals surface area contributed by atoms with Crippen LogP contribution in [0.25, 0.3) is 0 Å². The van der Waals surface area contributed by atoms with Gasteiger partial charge in [-0.2, -0.15) is 0 Å². The number of anilines is 1. The molecule has 0 saturated carbocycles. The Hall–Kier alpha value is -1.93. The Morgan fingerprint density at radius 2 is 2.08 bits per heavy atom. The van der Waals surface area contributed by atoms with E-state index in [1.165, 1.54) is 4.90 Å². The number of nitrogens with zero attached hydrogens (tertiary/aromatic N) is 2. The van der Waals surface area contributed by atoms with Gasteiger partial charge >= 0.3 is 0 Å². The van der Waals surface area contributed by atoms with Crippen molar-refractivity contribution in [2.75, 3.05) is 32.2 Å². The third-order valence-corrected chi connectivity index (χ3v) is 5.09. The molecular formula is C18H29N3O5. The van der Waals surface area contributed by atoms with Crippen LogP contribution in [0.15, 0.2) is 10.6 Å². The van der Waals surface area contributed by atoms with Crippen LogP contribution in [0.2, 0.25) is 0 Å². The number of aromatic nitrogens is 1. The van der Waals surface area contributed by atoms with Crippen LogP contribution in [-0.2, 0) is 19.7 Å². The van der Waals surface area contributed by atoms with Crippen LogP contribution in [0.1, 0.15) is 46.2 Å². The summed E-state index contributed by atoms with van der Waals surface area (Å²) in [6.07, 6.45) is 1.23. The number of hydrogen-bond donors (Lipinski definition) is 2. The lowest BCUT2D eigenvalue weighted by Crippen LogP contribution is -2.53. The molecule has 2 N–H and O–H groups in total. The zero-order chi connectivity index (χ0) is 19.5. The Bertz CT molecular complexity index is 647. The van der Waals surface area contributed by atoms with Crippen molar-refractivity contribution in [3.05, 3.63) is 11.8 Å². The highest BCUT2D eigenvalue weighted by Crippen LogP contribution is 2.26. The lowest BCUT2D eigenvalue weighted by Gasteiger charge is -2.34. The fourth-order valence-electron chi connectivity index (χ4n) is 2.59. The molecule has 1 saturated heterocycles.